The molecule has 0 radical (unpaired) electrons. The summed E-state index contributed by atoms with van der Waals surface area (Å²) in [5.74, 6) is 1.63. The van der Waals surface area contributed by atoms with E-state index in [0.717, 1.165) is 8.66 Å². The molecule has 18 heavy (non-hydrogen) atoms. The van der Waals surface area contributed by atoms with E-state index in [2.05, 4.69) is 26.5 Å². The van der Waals surface area contributed by atoms with Crippen LogP contribution in [0.2, 0.25) is 0 Å². The van der Waals surface area contributed by atoms with Crippen molar-refractivity contribution in [1.82, 2.24) is 5.43 Å². The molecule has 0 bridgehead atoms. The predicted octanol–water partition coefficient (Wildman–Crippen LogP) is 3.40. The smallest absolute Gasteiger partial charge is 0.243 e. The molecule has 2 saturated carbocycles. The van der Waals surface area contributed by atoms with Crippen LogP contribution in [0.3, 0.4) is 0 Å². The van der Waals surface area contributed by atoms with Crippen molar-refractivity contribution in [2.45, 2.75) is 25.7 Å². The standard InChI is InChI=1S/C13H15BrN2OS/c14-11-6-5-8(18-11)7-15-16-13(17)12-9-3-1-2-4-10(9)12/h5-7,9-10,12H,1-4H2,(H,16,17)/b15-7+/t9-,10+,12?. The maximum Gasteiger partial charge on any atom is 0.243 e. The summed E-state index contributed by atoms with van der Waals surface area (Å²) in [5.41, 5.74) is 2.68. The van der Waals surface area contributed by atoms with Gasteiger partial charge < -0.3 is 0 Å². The summed E-state index contributed by atoms with van der Waals surface area (Å²) < 4.78 is 1.07. The summed E-state index contributed by atoms with van der Waals surface area (Å²) in [5, 5.41) is 4.04. The highest BCUT2D eigenvalue weighted by Crippen LogP contribution is 2.55. The molecule has 2 fully saturated rings. The number of thiophene rings is 1. The van der Waals surface area contributed by atoms with Gasteiger partial charge in [-0.1, -0.05) is 12.8 Å². The normalized spacial score (nSPS) is 30.2. The third kappa shape index (κ3) is 2.52. The molecular formula is C13H15BrN2OS. The molecular weight excluding hydrogens is 312 g/mol. The zero-order valence-corrected chi connectivity index (χ0v) is 12.3. The lowest BCUT2D eigenvalue weighted by molar-refractivity contribution is -0.122. The number of rotatable bonds is 3. The number of hydrazone groups is 1. The third-order valence-corrected chi connectivity index (χ3v) is 5.48. The zero-order valence-electron chi connectivity index (χ0n) is 9.93. The van der Waals surface area contributed by atoms with E-state index in [1.165, 1.54) is 25.7 Å². The molecule has 5 heteroatoms. The minimum Gasteiger partial charge on any atom is -0.273 e. The summed E-state index contributed by atoms with van der Waals surface area (Å²) in [6.07, 6.45) is 6.74. The molecule has 3 nitrogen and oxygen atoms in total. The van der Waals surface area contributed by atoms with Crippen molar-refractivity contribution in [2.24, 2.45) is 22.9 Å². The van der Waals surface area contributed by atoms with Gasteiger partial charge in [-0.3, -0.25) is 4.79 Å². The Hall–Kier alpha value is -0.680. The summed E-state index contributed by atoms with van der Waals surface area (Å²) >= 11 is 5.00. The lowest BCUT2D eigenvalue weighted by Crippen LogP contribution is -2.20. The first-order valence-electron chi connectivity index (χ1n) is 6.34. The molecule has 0 aromatic carbocycles. The van der Waals surface area contributed by atoms with Crippen LogP contribution >= 0.6 is 27.3 Å². The Bertz CT molecular complexity index is 473. The maximum absolute atomic E-state index is 11.9. The molecule has 1 heterocycles. The van der Waals surface area contributed by atoms with Crippen molar-refractivity contribution in [3.8, 4) is 0 Å². The summed E-state index contributed by atoms with van der Waals surface area (Å²) in [6.45, 7) is 0. The van der Waals surface area contributed by atoms with Crippen molar-refractivity contribution in [3.63, 3.8) is 0 Å². The monoisotopic (exact) mass is 326 g/mol. The second-order valence-corrected chi connectivity index (χ2v) is 7.51. The quantitative estimate of drug-likeness (QED) is 0.671. The van der Waals surface area contributed by atoms with Crippen LogP contribution in [0, 0.1) is 17.8 Å². The van der Waals surface area contributed by atoms with Crippen LogP contribution in [-0.2, 0) is 4.79 Å². The van der Waals surface area contributed by atoms with E-state index >= 15 is 0 Å². The SMILES string of the molecule is O=C(N/N=C/c1ccc(Br)s1)C1[C@H]2CCCC[C@@H]12. The van der Waals surface area contributed by atoms with Gasteiger partial charge in [-0.25, -0.2) is 5.43 Å². The Balaban J connectivity index is 1.51. The minimum atomic E-state index is 0.110. The molecule has 1 N–H and O–H groups in total. The Morgan fingerprint density at radius 3 is 2.72 bits per heavy atom. The number of amides is 1. The Labute approximate surface area is 119 Å². The van der Waals surface area contributed by atoms with Crippen molar-refractivity contribution in [3.05, 3.63) is 20.8 Å². The first-order valence-corrected chi connectivity index (χ1v) is 7.95. The highest BCUT2D eigenvalue weighted by Gasteiger charge is 2.54. The van der Waals surface area contributed by atoms with E-state index in [-0.39, 0.29) is 11.8 Å². The highest BCUT2D eigenvalue weighted by atomic mass is 79.9. The Morgan fingerprint density at radius 1 is 1.39 bits per heavy atom. The number of nitrogens with one attached hydrogen (secondary N) is 1. The van der Waals surface area contributed by atoms with Crippen LogP contribution in [0.5, 0.6) is 0 Å². The van der Waals surface area contributed by atoms with Gasteiger partial charge in [0, 0.05) is 10.8 Å². The van der Waals surface area contributed by atoms with Crippen LogP contribution < -0.4 is 5.43 Å². The molecule has 1 aromatic rings. The third-order valence-electron chi connectivity index (χ3n) is 3.92. The largest absolute Gasteiger partial charge is 0.273 e. The number of carbonyl (C=O) groups excluding carboxylic acids is 1. The molecule has 1 amide bonds. The van der Waals surface area contributed by atoms with Gasteiger partial charge in [0.25, 0.3) is 0 Å². The fraction of sp³-hybridized carbons (Fsp3) is 0.538. The van der Waals surface area contributed by atoms with Crippen LogP contribution in [-0.4, -0.2) is 12.1 Å². The van der Waals surface area contributed by atoms with Crippen LogP contribution in [0.15, 0.2) is 21.0 Å². The second-order valence-electron chi connectivity index (χ2n) is 5.01. The van der Waals surface area contributed by atoms with Crippen molar-refractivity contribution in [1.29, 1.82) is 0 Å². The van der Waals surface area contributed by atoms with Gasteiger partial charge in [0.1, 0.15) is 0 Å². The number of halogens is 1. The number of nitrogens with zero attached hydrogens (tertiary/aromatic N) is 1. The van der Waals surface area contributed by atoms with E-state index in [1.54, 1.807) is 17.6 Å². The van der Waals surface area contributed by atoms with Gasteiger partial charge in [0.15, 0.2) is 0 Å². The van der Waals surface area contributed by atoms with Gasteiger partial charge >= 0.3 is 0 Å². The lowest BCUT2D eigenvalue weighted by atomic mass is 10.0. The number of carbonyl (C=O) groups is 1. The summed E-state index contributed by atoms with van der Waals surface area (Å²) in [4.78, 5) is 13.0. The molecule has 2 aliphatic rings. The molecule has 0 aliphatic heterocycles. The van der Waals surface area contributed by atoms with E-state index in [4.69, 9.17) is 0 Å². The zero-order chi connectivity index (χ0) is 12.5. The first-order chi connectivity index (χ1) is 8.75. The van der Waals surface area contributed by atoms with Crippen molar-refractivity contribution in [2.75, 3.05) is 0 Å². The summed E-state index contributed by atoms with van der Waals surface area (Å²) in [6, 6.07) is 3.95. The molecule has 96 valence electrons. The first kappa shape index (κ1) is 12.4. The highest BCUT2D eigenvalue weighted by molar-refractivity contribution is 9.11. The molecule has 2 aliphatic carbocycles. The van der Waals surface area contributed by atoms with Crippen LogP contribution in [0.25, 0.3) is 0 Å². The van der Waals surface area contributed by atoms with Gasteiger partial charge in [0.05, 0.1) is 10.0 Å². The average Bonchev–Trinajstić information content (AvgIpc) is 2.97. The molecule has 1 unspecified atom stereocenters. The fourth-order valence-corrected chi connectivity index (χ4v) is 4.31. The molecule has 3 atom stereocenters. The lowest BCUT2D eigenvalue weighted by Gasteiger charge is -2.04. The fourth-order valence-electron chi connectivity index (χ4n) is 3.01. The van der Waals surface area contributed by atoms with E-state index in [0.29, 0.717) is 11.8 Å². The Kier molecular flexibility index (Phi) is 3.52. The van der Waals surface area contributed by atoms with E-state index in [1.807, 2.05) is 12.1 Å². The molecule has 0 saturated heterocycles. The van der Waals surface area contributed by atoms with Crippen LogP contribution in [0.4, 0.5) is 0 Å². The number of hydrogen-bond acceptors (Lipinski definition) is 3. The second kappa shape index (κ2) is 5.13. The summed E-state index contributed by atoms with van der Waals surface area (Å²) in [7, 11) is 0. The maximum atomic E-state index is 11.9. The van der Waals surface area contributed by atoms with E-state index < -0.39 is 0 Å². The van der Waals surface area contributed by atoms with Crippen LogP contribution in [0.1, 0.15) is 30.6 Å². The van der Waals surface area contributed by atoms with Crippen molar-refractivity contribution < 1.29 is 4.79 Å². The van der Waals surface area contributed by atoms with Crippen molar-refractivity contribution >= 4 is 39.4 Å². The van der Waals surface area contributed by atoms with E-state index in [9.17, 15) is 4.79 Å². The Morgan fingerprint density at radius 2 is 2.11 bits per heavy atom. The predicted molar refractivity (Wildman–Crippen MR) is 76.7 cm³/mol. The topological polar surface area (TPSA) is 41.5 Å². The average molecular weight is 327 g/mol. The minimum absolute atomic E-state index is 0.110. The van der Waals surface area contributed by atoms with Gasteiger partial charge in [-0.05, 0) is 52.7 Å². The van der Waals surface area contributed by atoms with Gasteiger partial charge in [0.2, 0.25) is 5.91 Å². The molecule has 1 aromatic heterocycles. The number of hydrogen-bond donors (Lipinski definition) is 1. The van der Waals surface area contributed by atoms with Gasteiger partial charge in [-0.15, -0.1) is 11.3 Å². The van der Waals surface area contributed by atoms with Gasteiger partial charge in [-0.2, -0.15) is 5.10 Å². The molecule has 0 spiro atoms. The molecule has 3 rings (SSSR count). The number of fused-ring (bicyclic) bond motifs is 1.